The molecule has 1 atom stereocenters. The average molecular weight is 277 g/mol. The molecule has 0 fully saturated rings. The minimum absolute atomic E-state index is 0.208. The first kappa shape index (κ1) is 13.5. The Morgan fingerprint density at radius 2 is 2.11 bits per heavy atom. The minimum Gasteiger partial charge on any atom is -0.399 e. The Balaban J connectivity index is 2.11. The van der Waals surface area contributed by atoms with Crippen LogP contribution in [0.1, 0.15) is 6.92 Å². The summed E-state index contributed by atoms with van der Waals surface area (Å²) >= 11 is 1.37. The largest absolute Gasteiger partial charge is 0.399 e. The van der Waals surface area contributed by atoms with Gasteiger partial charge in [0.25, 0.3) is 5.91 Å². The van der Waals surface area contributed by atoms with Crippen LogP contribution in [0.15, 0.2) is 29.6 Å². The van der Waals surface area contributed by atoms with Crippen molar-refractivity contribution in [3.8, 4) is 11.3 Å². The van der Waals surface area contributed by atoms with E-state index in [0.717, 1.165) is 11.3 Å². The summed E-state index contributed by atoms with van der Waals surface area (Å²) in [5, 5.41) is 5.16. The van der Waals surface area contributed by atoms with E-state index in [0.29, 0.717) is 10.8 Å². The summed E-state index contributed by atoms with van der Waals surface area (Å²) < 4.78 is 4.94. The van der Waals surface area contributed by atoms with Gasteiger partial charge in [-0.3, -0.25) is 10.1 Å². The highest BCUT2D eigenvalue weighted by Crippen LogP contribution is 2.25. The van der Waals surface area contributed by atoms with Gasteiger partial charge in [0.15, 0.2) is 5.13 Å². The van der Waals surface area contributed by atoms with Gasteiger partial charge >= 0.3 is 0 Å². The number of nitrogen functional groups attached to an aromatic ring is 1. The number of carbonyl (C=O) groups excluding carboxylic acids is 1. The first-order valence-electron chi connectivity index (χ1n) is 5.75. The van der Waals surface area contributed by atoms with E-state index in [4.69, 9.17) is 10.5 Å². The molecule has 5 nitrogen and oxygen atoms in total. The minimum atomic E-state index is -0.496. The lowest BCUT2D eigenvalue weighted by molar-refractivity contribution is -0.124. The number of hydrogen-bond acceptors (Lipinski definition) is 5. The third-order valence-corrected chi connectivity index (χ3v) is 3.42. The number of benzene rings is 1. The molecule has 0 radical (unpaired) electrons. The van der Waals surface area contributed by atoms with Gasteiger partial charge < -0.3 is 10.5 Å². The molecule has 6 heteroatoms. The summed E-state index contributed by atoms with van der Waals surface area (Å²) in [5.74, 6) is -0.208. The Labute approximate surface area is 115 Å². The summed E-state index contributed by atoms with van der Waals surface area (Å²) in [6.07, 6.45) is -0.496. The fourth-order valence-electron chi connectivity index (χ4n) is 1.43. The van der Waals surface area contributed by atoms with Crippen molar-refractivity contribution in [3.63, 3.8) is 0 Å². The maximum atomic E-state index is 11.6. The predicted octanol–water partition coefficient (Wildman–Crippen LogP) is 2.37. The smallest absolute Gasteiger partial charge is 0.254 e. The molecule has 1 aromatic heterocycles. The second-order valence-corrected chi connectivity index (χ2v) is 4.89. The van der Waals surface area contributed by atoms with Crippen LogP contribution in [0.25, 0.3) is 11.3 Å². The number of carbonyl (C=O) groups is 1. The SMILES string of the molecule is COC(C)C(=O)Nc1nc(-c2ccc(N)cc2)cs1. The Kier molecular flexibility index (Phi) is 4.13. The predicted molar refractivity (Wildman–Crippen MR) is 77.1 cm³/mol. The van der Waals surface area contributed by atoms with Gasteiger partial charge in [-0.25, -0.2) is 4.98 Å². The maximum Gasteiger partial charge on any atom is 0.254 e. The molecule has 0 aliphatic rings. The molecule has 2 aromatic rings. The van der Waals surface area contributed by atoms with Crippen molar-refractivity contribution in [2.75, 3.05) is 18.2 Å². The number of methoxy groups -OCH3 is 1. The summed E-state index contributed by atoms with van der Waals surface area (Å²) in [6.45, 7) is 1.68. The zero-order chi connectivity index (χ0) is 13.8. The van der Waals surface area contributed by atoms with E-state index < -0.39 is 6.10 Å². The molecule has 1 aromatic carbocycles. The number of thiazole rings is 1. The van der Waals surface area contributed by atoms with Gasteiger partial charge in [-0.2, -0.15) is 0 Å². The Bertz CT molecular complexity index is 566. The Morgan fingerprint density at radius 3 is 2.74 bits per heavy atom. The molecule has 19 heavy (non-hydrogen) atoms. The van der Waals surface area contributed by atoms with Crippen molar-refractivity contribution in [2.24, 2.45) is 0 Å². The fourth-order valence-corrected chi connectivity index (χ4v) is 2.15. The molecule has 0 bridgehead atoms. The number of amides is 1. The fraction of sp³-hybridized carbons (Fsp3) is 0.231. The third-order valence-electron chi connectivity index (χ3n) is 2.66. The second-order valence-electron chi connectivity index (χ2n) is 4.03. The zero-order valence-electron chi connectivity index (χ0n) is 10.7. The molecule has 1 unspecified atom stereocenters. The molecular weight excluding hydrogens is 262 g/mol. The van der Waals surface area contributed by atoms with Crippen LogP contribution in [0, 0.1) is 0 Å². The van der Waals surface area contributed by atoms with Gasteiger partial charge in [0.05, 0.1) is 5.69 Å². The molecule has 2 rings (SSSR count). The lowest BCUT2D eigenvalue weighted by Crippen LogP contribution is -2.26. The summed E-state index contributed by atoms with van der Waals surface area (Å²) in [4.78, 5) is 16.0. The van der Waals surface area contributed by atoms with Gasteiger partial charge in [-0.1, -0.05) is 12.1 Å². The van der Waals surface area contributed by atoms with Crippen molar-refractivity contribution in [1.82, 2.24) is 4.98 Å². The van der Waals surface area contributed by atoms with Crippen molar-refractivity contribution in [3.05, 3.63) is 29.6 Å². The van der Waals surface area contributed by atoms with E-state index in [9.17, 15) is 4.79 Å². The van der Waals surface area contributed by atoms with Crippen molar-refractivity contribution < 1.29 is 9.53 Å². The van der Waals surface area contributed by atoms with Gasteiger partial charge in [0, 0.05) is 23.7 Å². The lowest BCUT2D eigenvalue weighted by Gasteiger charge is -2.07. The highest BCUT2D eigenvalue weighted by molar-refractivity contribution is 7.14. The topological polar surface area (TPSA) is 77.2 Å². The van der Waals surface area contributed by atoms with Crippen LogP contribution in [0.3, 0.4) is 0 Å². The number of aromatic nitrogens is 1. The Hall–Kier alpha value is -1.92. The van der Waals surface area contributed by atoms with Crippen LogP contribution in [-0.4, -0.2) is 24.1 Å². The van der Waals surface area contributed by atoms with E-state index in [1.54, 1.807) is 6.92 Å². The average Bonchev–Trinajstić information content (AvgIpc) is 2.87. The van der Waals surface area contributed by atoms with Gasteiger partial charge in [0.2, 0.25) is 0 Å². The molecular formula is C13H15N3O2S. The van der Waals surface area contributed by atoms with Crippen LogP contribution < -0.4 is 11.1 Å². The number of rotatable bonds is 4. The van der Waals surface area contributed by atoms with E-state index in [-0.39, 0.29) is 5.91 Å². The summed E-state index contributed by atoms with van der Waals surface area (Å²) in [5.41, 5.74) is 8.12. The number of hydrogen-bond donors (Lipinski definition) is 2. The molecule has 0 aliphatic heterocycles. The molecule has 0 aliphatic carbocycles. The van der Waals surface area contributed by atoms with Crippen molar-refractivity contribution in [1.29, 1.82) is 0 Å². The van der Waals surface area contributed by atoms with E-state index >= 15 is 0 Å². The standard InChI is InChI=1S/C13H15N3O2S/c1-8(18-2)12(17)16-13-15-11(7-19-13)9-3-5-10(14)6-4-9/h3-8H,14H2,1-2H3,(H,15,16,17). The molecule has 1 heterocycles. The quantitative estimate of drug-likeness (QED) is 0.841. The second kappa shape index (κ2) is 5.81. The van der Waals surface area contributed by atoms with Crippen LogP contribution in [0.2, 0.25) is 0 Å². The van der Waals surface area contributed by atoms with E-state index in [2.05, 4.69) is 10.3 Å². The molecule has 0 spiro atoms. The number of nitrogens with two attached hydrogens (primary N) is 1. The zero-order valence-corrected chi connectivity index (χ0v) is 11.5. The third kappa shape index (κ3) is 3.30. The van der Waals surface area contributed by atoms with Crippen molar-refractivity contribution >= 4 is 28.1 Å². The van der Waals surface area contributed by atoms with Gasteiger partial charge in [-0.05, 0) is 19.1 Å². The van der Waals surface area contributed by atoms with Crippen LogP contribution in [0.4, 0.5) is 10.8 Å². The van der Waals surface area contributed by atoms with E-state index in [1.165, 1.54) is 18.4 Å². The van der Waals surface area contributed by atoms with E-state index in [1.807, 2.05) is 29.6 Å². The Morgan fingerprint density at radius 1 is 1.42 bits per heavy atom. The van der Waals surface area contributed by atoms with Gasteiger partial charge in [-0.15, -0.1) is 11.3 Å². The monoisotopic (exact) mass is 277 g/mol. The van der Waals surface area contributed by atoms with Crippen molar-refractivity contribution in [2.45, 2.75) is 13.0 Å². The lowest BCUT2D eigenvalue weighted by atomic mass is 10.1. The van der Waals surface area contributed by atoms with Crippen LogP contribution >= 0.6 is 11.3 Å². The number of ether oxygens (including phenoxy) is 1. The summed E-state index contributed by atoms with van der Waals surface area (Å²) in [7, 11) is 1.49. The highest BCUT2D eigenvalue weighted by Gasteiger charge is 2.13. The summed E-state index contributed by atoms with van der Waals surface area (Å²) in [6, 6.07) is 7.43. The number of anilines is 2. The van der Waals surface area contributed by atoms with Gasteiger partial charge in [0.1, 0.15) is 6.10 Å². The number of nitrogens with one attached hydrogen (secondary N) is 1. The van der Waals surface area contributed by atoms with Crippen LogP contribution in [0.5, 0.6) is 0 Å². The molecule has 0 saturated heterocycles. The first-order chi connectivity index (χ1) is 9.10. The number of nitrogens with zero attached hydrogens (tertiary/aromatic N) is 1. The molecule has 100 valence electrons. The highest BCUT2D eigenvalue weighted by atomic mass is 32.1. The molecule has 1 amide bonds. The molecule has 3 N–H and O–H groups in total. The van der Waals surface area contributed by atoms with Crippen LogP contribution in [-0.2, 0) is 9.53 Å². The maximum absolute atomic E-state index is 11.6. The molecule has 0 saturated carbocycles. The first-order valence-corrected chi connectivity index (χ1v) is 6.63. The normalized spacial score (nSPS) is 12.1.